The average molecular weight is 292 g/mol. The van der Waals surface area contributed by atoms with E-state index in [1.807, 2.05) is 18.2 Å². The third kappa shape index (κ3) is 1.82. The summed E-state index contributed by atoms with van der Waals surface area (Å²) in [5, 5.41) is 14.5. The van der Waals surface area contributed by atoms with E-state index in [2.05, 4.69) is 15.1 Å². The monoisotopic (exact) mass is 292 g/mol. The number of nitrogens with zero attached hydrogens (tertiary/aromatic N) is 3. The predicted molar refractivity (Wildman–Crippen MR) is 82.0 cm³/mol. The lowest BCUT2D eigenvalue weighted by atomic mass is 10.1. The van der Waals surface area contributed by atoms with Crippen LogP contribution in [-0.2, 0) is 6.61 Å². The zero-order chi connectivity index (χ0) is 15.1. The van der Waals surface area contributed by atoms with Crippen LogP contribution in [0.2, 0.25) is 0 Å². The van der Waals surface area contributed by atoms with Gasteiger partial charge in [0.1, 0.15) is 5.69 Å². The molecular formula is C16H12N4O2. The molecule has 0 amide bonds. The van der Waals surface area contributed by atoms with Crippen LogP contribution >= 0.6 is 0 Å². The number of aliphatic hydroxyl groups is 1. The van der Waals surface area contributed by atoms with Crippen LogP contribution in [0.5, 0.6) is 0 Å². The normalized spacial score (nSPS) is 11.3. The Morgan fingerprint density at radius 2 is 2.00 bits per heavy atom. The standard InChI is InChI=1S/C16H12N4O2/c21-9-10-1-2-12-14(7-10)18-8-13-15(12)19-20(16(13)22)11-3-5-17-6-4-11/h1-8,18,21H,9H2. The van der Waals surface area contributed by atoms with Gasteiger partial charge >= 0.3 is 0 Å². The highest BCUT2D eigenvalue weighted by atomic mass is 16.3. The molecule has 2 aromatic rings. The molecule has 4 rings (SSSR count). The molecule has 108 valence electrons. The van der Waals surface area contributed by atoms with Crippen molar-refractivity contribution in [1.82, 2.24) is 19.7 Å². The Bertz CT molecular complexity index is 988. The van der Waals surface area contributed by atoms with Crippen molar-refractivity contribution in [2.24, 2.45) is 0 Å². The molecule has 3 heterocycles. The highest BCUT2D eigenvalue weighted by molar-refractivity contribution is 5.93. The van der Waals surface area contributed by atoms with Crippen molar-refractivity contribution in [1.29, 1.82) is 0 Å². The fourth-order valence-electron chi connectivity index (χ4n) is 2.57. The molecule has 22 heavy (non-hydrogen) atoms. The second-order valence-corrected chi connectivity index (χ2v) is 5.01. The van der Waals surface area contributed by atoms with Crippen LogP contribution in [-0.4, -0.2) is 24.9 Å². The van der Waals surface area contributed by atoms with Crippen LogP contribution in [0.4, 0.5) is 0 Å². The van der Waals surface area contributed by atoms with E-state index in [9.17, 15) is 9.90 Å². The topological polar surface area (TPSA) is 83.8 Å². The first-order valence-electron chi connectivity index (χ1n) is 6.82. The number of rotatable bonds is 2. The number of pyridine rings is 2. The fourth-order valence-corrected chi connectivity index (χ4v) is 2.57. The molecule has 1 aromatic carbocycles. The van der Waals surface area contributed by atoms with Gasteiger partial charge in [-0.2, -0.15) is 9.78 Å². The Morgan fingerprint density at radius 3 is 2.77 bits per heavy atom. The summed E-state index contributed by atoms with van der Waals surface area (Å²) < 4.78 is 1.37. The van der Waals surface area contributed by atoms with Gasteiger partial charge in [-0.05, 0) is 23.8 Å². The summed E-state index contributed by atoms with van der Waals surface area (Å²) >= 11 is 0. The minimum Gasteiger partial charge on any atom is -0.392 e. The Labute approximate surface area is 125 Å². The van der Waals surface area contributed by atoms with E-state index in [-0.39, 0.29) is 12.2 Å². The Morgan fingerprint density at radius 1 is 1.18 bits per heavy atom. The molecule has 0 saturated heterocycles. The molecule has 0 atom stereocenters. The third-order valence-corrected chi connectivity index (χ3v) is 3.68. The van der Waals surface area contributed by atoms with Gasteiger partial charge in [0.05, 0.1) is 17.9 Å². The minimum atomic E-state index is -0.175. The first kappa shape index (κ1) is 12.7. The summed E-state index contributed by atoms with van der Waals surface area (Å²) in [6.45, 7) is -0.0277. The summed E-state index contributed by atoms with van der Waals surface area (Å²) in [6, 6.07) is 9.02. The van der Waals surface area contributed by atoms with Crippen molar-refractivity contribution in [3.8, 4) is 16.9 Å². The van der Waals surface area contributed by atoms with Gasteiger partial charge in [-0.3, -0.25) is 9.78 Å². The number of hydrogen-bond acceptors (Lipinski definition) is 4. The number of hydrogen-bond donors (Lipinski definition) is 2. The zero-order valence-corrected chi connectivity index (χ0v) is 11.5. The molecule has 0 fully saturated rings. The van der Waals surface area contributed by atoms with Crippen molar-refractivity contribution >= 4 is 10.9 Å². The summed E-state index contributed by atoms with van der Waals surface area (Å²) in [5.74, 6) is 0. The molecule has 0 radical (unpaired) electrons. The number of nitrogens with one attached hydrogen (secondary N) is 1. The number of fused-ring (bicyclic) bond motifs is 3. The molecule has 0 bridgehead atoms. The molecule has 2 aliphatic rings. The molecule has 0 saturated carbocycles. The molecule has 2 aliphatic heterocycles. The number of aromatic amines is 1. The molecule has 2 N–H and O–H groups in total. The SMILES string of the molecule is O=c1c2c[nH]c3cc(CO)ccc3c-2nn1-c1ccncc1. The Kier molecular flexibility index (Phi) is 2.77. The number of benzene rings is 1. The van der Waals surface area contributed by atoms with E-state index in [0.29, 0.717) is 16.9 Å². The molecular weight excluding hydrogens is 280 g/mol. The summed E-state index contributed by atoms with van der Waals surface area (Å²) in [6.07, 6.45) is 4.91. The van der Waals surface area contributed by atoms with E-state index in [4.69, 9.17) is 0 Å². The summed E-state index contributed by atoms with van der Waals surface area (Å²) in [4.78, 5) is 19.6. The van der Waals surface area contributed by atoms with Crippen LogP contribution in [0, 0.1) is 0 Å². The lowest BCUT2D eigenvalue weighted by molar-refractivity contribution is 0.282. The van der Waals surface area contributed by atoms with E-state index in [0.717, 1.165) is 16.5 Å². The highest BCUT2D eigenvalue weighted by Crippen LogP contribution is 2.26. The minimum absolute atomic E-state index is 0.0277. The van der Waals surface area contributed by atoms with Crippen LogP contribution in [0.1, 0.15) is 5.56 Å². The van der Waals surface area contributed by atoms with Crippen LogP contribution < -0.4 is 5.56 Å². The lowest BCUT2D eigenvalue weighted by Crippen LogP contribution is -2.14. The highest BCUT2D eigenvalue weighted by Gasteiger charge is 2.18. The predicted octanol–water partition coefficient (Wildman–Crippen LogP) is 1.71. The Hall–Kier alpha value is -2.99. The second-order valence-electron chi connectivity index (χ2n) is 5.01. The maximum Gasteiger partial charge on any atom is 0.282 e. The van der Waals surface area contributed by atoms with Crippen molar-refractivity contribution in [3.63, 3.8) is 0 Å². The van der Waals surface area contributed by atoms with Crippen molar-refractivity contribution < 1.29 is 5.11 Å². The molecule has 1 aromatic heterocycles. The largest absolute Gasteiger partial charge is 0.392 e. The van der Waals surface area contributed by atoms with Gasteiger partial charge in [0, 0.05) is 29.5 Å². The van der Waals surface area contributed by atoms with Crippen LogP contribution in [0.3, 0.4) is 0 Å². The second kappa shape index (κ2) is 4.78. The number of aromatic nitrogens is 4. The van der Waals surface area contributed by atoms with Crippen LogP contribution in [0.15, 0.2) is 53.7 Å². The summed E-state index contributed by atoms with van der Waals surface area (Å²) in [7, 11) is 0. The van der Waals surface area contributed by atoms with Gasteiger partial charge in [0.15, 0.2) is 0 Å². The first-order valence-corrected chi connectivity index (χ1v) is 6.82. The smallest absolute Gasteiger partial charge is 0.282 e. The average Bonchev–Trinajstić information content (AvgIpc) is 2.92. The van der Waals surface area contributed by atoms with Gasteiger partial charge in [0.2, 0.25) is 0 Å². The maximum atomic E-state index is 12.5. The van der Waals surface area contributed by atoms with Crippen molar-refractivity contribution in [3.05, 3.63) is 64.8 Å². The molecule has 0 unspecified atom stereocenters. The fraction of sp³-hybridized carbons (Fsp3) is 0.0625. The van der Waals surface area contributed by atoms with Crippen molar-refractivity contribution in [2.75, 3.05) is 0 Å². The lowest BCUT2D eigenvalue weighted by Gasteiger charge is -2.04. The molecule has 6 heteroatoms. The van der Waals surface area contributed by atoms with Gasteiger partial charge in [0.25, 0.3) is 5.56 Å². The maximum absolute atomic E-state index is 12.5. The third-order valence-electron chi connectivity index (χ3n) is 3.68. The first-order chi connectivity index (χ1) is 10.8. The van der Waals surface area contributed by atoms with Gasteiger partial charge < -0.3 is 10.1 Å². The van der Waals surface area contributed by atoms with Gasteiger partial charge in [-0.25, -0.2) is 0 Å². The zero-order valence-electron chi connectivity index (χ0n) is 11.5. The van der Waals surface area contributed by atoms with Crippen LogP contribution in [0.25, 0.3) is 27.8 Å². The van der Waals surface area contributed by atoms with E-state index in [1.165, 1.54) is 4.68 Å². The van der Waals surface area contributed by atoms with E-state index in [1.54, 1.807) is 30.7 Å². The quantitative estimate of drug-likeness (QED) is 0.589. The van der Waals surface area contributed by atoms with Gasteiger partial charge in [-0.1, -0.05) is 12.1 Å². The van der Waals surface area contributed by atoms with E-state index < -0.39 is 0 Å². The van der Waals surface area contributed by atoms with E-state index >= 15 is 0 Å². The molecule has 0 aliphatic carbocycles. The van der Waals surface area contributed by atoms with Gasteiger partial charge in [-0.15, -0.1) is 0 Å². The molecule has 0 spiro atoms. The Balaban J connectivity index is 2.03. The molecule has 6 nitrogen and oxygen atoms in total. The van der Waals surface area contributed by atoms with Crippen molar-refractivity contribution in [2.45, 2.75) is 6.61 Å². The summed E-state index contributed by atoms with van der Waals surface area (Å²) in [5.41, 5.74) is 3.31. The number of aliphatic hydroxyl groups excluding tert-OH is 1. The number of H-pyrrole nitrogens is 1.